The van der Waals surface area contributed by atoms with Crippen molar-refractivity contribution < 1.29 is 4.74 Å². The number of hydrogen-bond donors (Lipinski definition) is 1. The third-order valence-electron chi connectivity index (χ3n) is 2.87. The van der Waals surface area contributed by atoms with Crippen molar-refractivity contribution in [2.75, 3.05) is 11.9 Å². The summed E-state index contributed by atoms with van der Waals surface area (Å²) in [6.07, 6.45) is 3.38. The van der Waals surface area contributed by atoms with E-state index in [9.17, 15) is 0 Å². The lowest BCUT2D eigenvalue weighted by Gasteiger charge is -2.16. The highest BCUT2D eigenvalue weighted by Crippen LogP contribution is 2.21. The second-order valence-electron chi connectivity index (χ2n) is 4.36. The molecule has 0 amide bonds. The van der Waals surface area contributed by atoms with Crippen LogP contribution in [-0.2, 0) is 0 Å². The van der Waals surface area contributed by atoms with E-state index in [1.165, 1.54) is 0 Å². The Labute approximate surface area is 118 Å². The second kappa shape index (κ2) is 6.53. The molecular weight excluding hydrogens is 252 g/mol. The van der Waals surface area contributed by atoms with Gasteiger partial charge in [0.15, 0.2) is 6.61 Å². The Morgan fingerprint density at radius 2 is 1.95 bits per heavy atom. The van der Waals surface area contributed by atoms with Gasteiger partial charge in [-0.2, -0.15) is 5.26 Å². The van der Waals surface area contributed by atoms with E-state index < -0.39 is 0 Å². The monoisotopic (exact) mass is 268 g/mol. The molecule has 0 aliphatic rings. The fraction of sp³-hybridized carbons (Fsp3) is 0.267. The molecule has 0 fully saturated rings. The smallest absolute Gasteiger partial charge is 0.174 e. The molecule has 20 heavy (non-hydrogen) atoms. The summed E-state index contributed by atoms with van der Waals surface area (Å²) in [4.78, 5) is 8.58. The number of ether oxygens (including phenoxy) is 1. The Morgan fingerprint density at radius 1 is 1.25 bits per heavy atom. The summed E-state index contributed by atoms with van der Waals surface area (Å²) in [6.45, 7) is 4.04. The van der Waals surface area contributed by atoms with Crippen molar-refractivity contribution in [3.05, 3.63) is 48.0 Å². The highest BCUT2D eigenvalue weighted by molar-refractivity contribution is 5.47. The van der Waals surface area contributed by atoms with Gasteiger partial charge >= 0.3 is 0 Å². The first-order valence-electron chi connectivity index (χ1n) is 6.34. The average molecular weight is 268 g/mol. The number of benzene rings is 1. The molecule has 5 heteroatoms. The maximum atomic E-state index is 8.45. The maximum absolute atomic E-state index is 8.45. The Bertz CT molecular complexity index is 604. The topological polar surface area (TPSA) is 70.8 Å². The van der Waals surface area contributed by atoms with Crippen molar-refractivity contribution in [3.63, 3.8) is 0 Å². The normalized spacial score (nSPS) is 11.4. The highest BCUT2D eigenvalue weighted by Gasteiger charge is 2.10. The summed E-state index contributed by atoms with van der Waals surface area (Å²) < 4.78 is 5.21. The van der Waals surface area contributed by atoms with Crippen LogP contribution in [0.25, 0.3) is 0 Å². The molecule has 0 bridgehead atoms. The molecular formula is C15H16N4O. The SMILES string of the molecule is Cc1nccnc1C(C)Nc1ccc(OCC#N)cc1. The zero-order valence-corrected chi connectivity index (χ0v) is 11.5. The summed E-state index contributed by atoms with van der Waals surface area (Å²) in [7, 11) is 0. The van der Waals surface area contributed by atoms with Crippen molar-refractivity contribution in [2.45, 2.75) is 19.9 Å². The quantitative estimate of drug-likeness (QED) is 0.902. The van der Waals surface area contributed by atoms with Crippen LogP contribution in [-0.4, -0.2) is 16.6 Å². The molecule has 1 aromatic carbocycles. The van der Waals surface area contributed by atoms with Crippen LogP contribution in [0.5, 0.6) is 5.75 Å². The van der Waals surface area contributed by atoms with Gasteiger partial charge in [-0.05, 0) is 38.1 Å². The molecule has 1 aromatic heterocycles. The number of aromatic nitrogens is 2. The summed E-state index contributed by atoms with van der Waals surface area (Å²) in [5.41, 5.74) is 2.81. The van der Waals surface area contributed by atoms with Gasteiger partial charge in [0.05, 0.1) is 17.4 Å². The van der Waals surface area contributed by atoms with E-state index in [1.807, 2.05) is 44.2 Å². The predicted molar refractivity (Wildman–Crippen MR) is 76.4 cm³/mol. The fourth-order valence-corrected chi connectivity index (χ4v) is 1.92. The van der Waals surface area contributed by atoms with Crippen LogP contribution in [0.1, 0.15) is 24.4 Å². The predicted octanol–water partition coefficient (Wildman–Crippen LogP) is 2.86. The third-order valence-corrected chi connectivity index (χ3v) is 2.87. The van der Waals surface area contributed by atoms with Crippen molar-refractivity contribution >= 4 is 5.69 Å². The summed E-state index contributed by atoms with van der Waals surface area (Å²) in [5.74, 6) is 0.681. The van der Waals surface area contributed by atoms with Gasteiger partial charge in [0.2, 0.25) is 0 Å². The van der Waals surface area contributed by atoms with E-state index in [2.05, 4.69) is 15.3 Å². The van der Waals surface area contributed by atoms with Crippen LogP contribution in [0.15, 0.2) is 36.7 Å². The van der Waals surface area contributed by atoms with Gasteiger partial charge in [0.25, 0.3) is 0 Å². The summed E-state index contributed by atoms with van der Waals surface area (Å²) >= 11 is 0. The van der Waals surface area contributed by atoms with Gasteiger partial charge in [-0.3, -0.25) is 9.97 Å². The van der Waals surface area contributed by atoms with Gasteiger partial charge in [-0.1, -0.05) is 0 Å². The Balaban J connectivity index is 2.03. The molecule has 0 radical (unpaired) electrons. The van der Waals surface area contributed by atoms with Crippen LogP contribution in [0.2, 0.25) is 0 Å². The number of nitrogens with zero attached hydrogens (tertiary/aromatic N) is 3. The van der Waals surface area contributed by atoms with Gasteiger partial charge in [0.1, 0.15) is 11.8 Å². The lowest BCUT2D eigenvalue weighted by atomic mass is 10.1. The number of rotatable bonds is 5. The van der Waals surface area contributed by atoms with Crippen molar-refractivity contribution in [2.24, 2.45) is 0 Å². The first kappa shape index (κ1) is 13.8. The van der Waals surface area contributed by atoms with Crippen molar-refractivity contribution in [1.82, 2.24) is 9.97 Å². The number of aryl methyl sites for hydroxylation is 1. The zero-order valence-electron chi connectivity index (χ0n) is 11.5. The molecule has 0 aliphatic heterocycles. The number of hydrogen-bond acceptors (Lipinski definition) is 5. The van der Waals surface area contributed by atoms with Gasteiger partial charge < -0.3 is 10.1 Å². The minimum atomic E-state index is 0.0575. The molecule has 1 heterocycles. The summed E-state index contributed by atoms with van der Waals surface area (Å²) in [5, 5.41) is 11.8. The standard InChI is InChI=1S/C15H16N4O/c1-11-15(18-9-8-17-11)12(2)19-13-3-5-14(6-4-13)20-10-7-16/h3-6,8-9,12,19H,10H2,1-2H3. The van der Waals surface area contributed by atoms with E-state index in [0.717, 1.165) is 17.1 Å². The van der Waals surface area contributed by atoms with E-state index in [4.69, 9.17) is 10.00 Å². The van der Waals surface area contributed by atoms with Gasteiger partial charge in [-0.15, -0.1) is 0 Å². The van der Waals surface area contributed by atoms with Crippen LogP contribution in [0.4, 0.5) is 5.69 Å². The van der Waals surface area contributed by atoms with Crippen LogP contribution >= 0.6 is 0 Å². The first-order chi connectivity index (χ1) is 9.70. The Kier molecular flexibility index (Phi) is 4.51. The van der Waals surface area contributed by atoms with Crippen LogP contribution in [0, 0.1) is 18.3 Å². The number of nitriles is 1. The number of nitrogens with one attached hydrogen (secondary N) is 1. The van der Waals surface area contributed by atoms with Crippen molar-refractivity contribution in [3.8, 4) is 11.8 Å². The molecule has 1 N–H and O–H groups in total. The minimum Gasteiger partial charge on any atom is -0.479 e. The second-order valence-corrected chi connectivity index (χ2v) is 4.36. The minimum absolute atomic E-state index is 0.0575. The van der Waals surface area contributed by atoms with E-state index in [1.54, 1.807) is 12.4 Å². The fourth-order valence-electron chi connectivity index (χ4n) is 1.92. The van der Waals surface area contributed by atoms with E-state index >= 15 is 0 Å². The van der Waals surface area contributed by atoms with Crippen molar-refractivity contribution in [1.29, 1.82) is 5.26 Å². The molecule has 102 valence electrons. The lowest BCUT2D eigenvalue weighted by Crippen LogP contribution is -2.10. The average Bonchev–Trinajstić information content (AvgIpc) is 2.47. The molecule has 1 atom stereocenters. The Hall–Kier alpha value is -2.61. The maximum Gasteiger partial charge on any atom is 0.174 e. The van der Waals surface area contributed by atoms with Gasteiger partial charge in [0, 0.05) is 18.1 Å². The number of anilines is 1. The first-order valence-corrected chi connectivity index (χ1v) is 6.34. The summed E-state index contributed by atoms with van der Waals surface area (Å²) in [6, 6.07) is 9.48. The molecule has 2 rings (SSSR count). The molecule has 0 saturated carbocycles. The molecule has 2 aromatic rings. The largest absolute Gasteiger partial charge is 0.479 e. The zero-order chi connectivity index (χ0) is 14.4. The van der Waals surface area contributed by atoms with Crippen LogP contribution < -0.4 is 10.1 Å². The molecule has 0 spiro atoms. The van der Waals surface area contributed by atoms with E-state index in [0.29, 0.717) is 5.75 Å². The van der Waals surface area contributed by atoms with Crippen LogP contribution in [0.3, 0.4) is 0 Å². The third kappa shape index (κ3) is 3.45. The van der Waals surface area contributed by atoms with E-state index in [-0.39, 0.29) is 12.6 Å². The molecule has 1 unspecified atom stereocenters. The highest BCUT2D eigenvalue weighted by atomic mass is 16.5. The lowest BCUT2D eigenvalue weighted by molar-refractivity contribution is 0.368. The molecule has 0 aliphatic carbocycles. The van der Waals surface area contributed by atoms with Gasteiger partial charge in [-0.25, -0.2) is 0 Å². The molecule has 5 nitrogen and oxygen atoms in total. The molecule has 0 saturated heterocycles. The Morgan fingerprint density at radius 3 is 2.60 bits per heavy atom.